The summed E-state index contributed by atoms with van der Waals surface area (Å²) in [6.07, 6.45) is 0. The van der Waals surface area contributed by atoms with Crippen LogP contribution >= 0.6 is 0 Å². The molecular weight excluding hydrogens is 274 g/mol. The van der Waals surface area contributed by atoms with Crippen LogP contribution in [0.4, 0.5) is 0 Å². The Morgan fingerprint density at radius 2 is 1.86 bits per heavy atom. The van der Waals surface area contributed by atoms with Crippen molar-refractivity contribution in [3.05, 3.63) is 24.0 Å². The van der Waals surface area contributed by atoms with E-state index >= 15 is 0 Å². The second-order valence-corrected chi connectivity index (χ2v) is 4.14. The lowest BCUT2D eigenvalue weighted by molar-refractivity contribution is 0.0512. The van der Waals surface area contributed by atoms with E-state index in [1.54, 1.807) is 40.3 Å². The van der Waals surface area contributed by atoms with E-state index in [9.17, 15) is 4.79 Å². The number of nitrogens with zero attached hydrogens (tertiary/aromatic N) is 3. The molecule has 21 heavy (non-hydrogen) atoms. The van der Waals surface area contributed by atoms with Crippen LogP contribution in [0.3, 0.4) is 0 Å². The normalized spacial score (nSPS) is 10.3. The first kappa shape index (κ1) is 14.8. The van der Waals surface area contributed by atoms with E-state index in [-0.39, 0.29) is 12.4 Å². The van der Waals surface area contributed by atoms with Gasteiger partial charge in [-0.15, -0.1) is 5.10 Å². The highest BCUT2D eigenvalue weighted by atomic mass is 16.5. The van der Waals surface area contributed by atoms with Crippen LogP contribution in [-0.4, -0.2) is 41.6 Å². The minimum absolute atomic E-state index is 0.00214. The highest BCUT2D eigenvalue weighted by Crippen LogP contribution is 2.36. The summed E-state index contributed by atoms with van der Waals surface area (Å²) in [6.45, 7) is 2.00. The van der Waals surface area contributed by atoms with E-state index in [4.69, 9.17) is 14.2 Å². The second-order valence-electron chi connectivity index (χ2n) is 4.14. The summed E-state index contributed by atoms with van der Waals surface area (Å²) in [5, 5.41) is 4.08. The van der Waals surface area contributed by atoms with Gasteiger partial charge in [0.15, 0.2) is 5.82 Å². The average molecular weight is 291 g/mol. The van der Waals surface area contributed by atoms with Crippen molar-refractivity contribution in [2.24, 2.45) is 7.05 Å². The maximum Gasteiger partial charge on any atom is 0.378 e. The predicted octanol–water partition coefficient (Wildman–Crippen LogP) is 1.68. The van der Waals surface area contributed by atoms with Crippen molar-refractivity contribution in [1.29, 1.82) is 0 Å². The zero-order chi connectivity index (χ0) is 15.4. The van der Waals surface area contributed by atoms with E-state index < -0.39 is 5.97 Å². The molecule has 0 aliphatic carbocycles. The zero-order valence-corrected chi connectivity index (χ0v) is 12.4. The zero-order valence-electron chi connectivity index (χ0n) is 12.4. The molecule has 0 spiro atoms. The number of esters is 1. The number of carbonyl (C=O) groups is 1. The van der Waals surface area contributed by atoms with Crippen molar-refractivity contribution >= 4 is 5.97 Å². The summed E-state index contributed by atoms with van der Waals surface area (Å²) in [5.41, 5.74) is 0.632. The number of rotatable bonds is 5. The third-order valence-electron chi connectivity index (χ3n) is 2.87. The fourth-order valence-corrected chi connectivity index (χ4v) is 1.96. The molecule has 112 valence electrons. The SMILES string of the molecule is CCOC(=O)c1nc(-c2c(OC)cccc2OC)n(C)n1. The first-order valence-corrected chi connectivity index (χ1v) is 6.41. The Kier molecular flexibility index (Phi) is 4.42. The monoisotopic (exact) mass is 291 g/mol. The van der Waals surface area contributed by atoms with Crippen LogP contribution < -0.4 is 9.47 Å². The average Bonchev–Trinajstić information content (AvgIpc) is 2.88. The van der Waals surface area contributed by atoms with E-state index in [0.717, 1.165) is 0 Å². The number of methoxy groups -OCH3 is 2. The largest absolute Gasteiger partial charge is 0.496 e. The molecule has 0 aliphatic heterocycles. The summed E-state index contributed by atoms with van der Waals surface area (Å²) in [7, 11) is 4.80. The van der Waals surface area contributed by atoms with Gasteiger partial charge in [0.05, 0.1) is 20.8 Å². The lowest BCUT2D eigenvalue weighted by atomic mass is 10.1. The van der Waals surface area contributed by atoms with Gasteiger partial charge in [0.25, 0.3) is 5.82 Å². The van der Waals surface area contributed by atoms with Crippen LogP contribution in [0, 0.1) is 0 Å². The van der Waals surface area contributed by atoms with E-state index in [1.807, 2.05) is 6.07 Å². The molecule has 2 rings (SSSR count). The Bertz CT molecular complexity index is 629. The molecule has 1 aromatic heterocycles. The lowest BCUT2D eigenvalue weighted by Gasteiger charge is -2.11. The van der Waals surface area contributed by atoms with Crippen molar-refractivity contribution in [3.8, 4) is 22.9 Å². The fourth-order valence-electron chi connectivity index (χ4n) is 1.96. The molecule has 0 saturated heterocycles. The fraction of sp³-hybridized carbons (Fsp3) is 0.357. The molecule has 0 bridgehead atoms. The summed E-state index contributed by atoms with van der Waals surface area (Å²) in [6, 6.07) is 5.39. The molecule has 0 atom stereocenters. The van der Waals surface area contributed by atoms with Gasteiger partial charge in [-0.3, -0.25) is 0 Å². The van der Waals surface area contributed by atoms with Crippen LogP contribution in [0.2, 0.25) is 0 Å². The number of carbonyl (C=O) groups excluding carboxylic acids is 1. The molecule has 7 heteroatoms. The highest BCUT2D eigenvalue weighted by Gasteiger charge is 2.22. The quantitative estimate of drug-likeness (QED) is 0.780. The van der Waals surface area contributed by atoms with Gasteiger partial charge in [-0.2, -0.15) is 0 Å². The van der Waals surface area contributed by atoms with E-state index in [1.165, 1.54) is 4.68 Å². The Balaban J connectivity index is 2.54. The van der Waals surface area contributed by atoms with Crippen LogP contribution in [0.1, 0.15) is 17.5 Å². The summed E-state index contributed by atoms with van der Waals surface area (Å²) in [4.78, 5) is 16.0. The number of benzene rings is 1. The van der Waals surface area contributed by atoms with Gasteiger partial charge < -0.3 is 14.2 Å². The molecule has 7 nitrogen and oxygen atoms in total. The first-order valence-electron chi connectivity index (χ1n) is 6.41. The Morgan fingerprint density at radius 1 is 1.24 bits per heavy atom. The molecule has 0 N–H and O–H groups in total. The van der Waals surface area contributed by atoms with Gasteiger partial charge in [-0.05, 0) is 19.1 Å². The molecule has 2 aromatic rings. The van der Waals surface area contributed by atoms with Crippen LogP contribution in [0.15, 0.2) is 18.2 Å². The van der Waals surface area contributed by atoms with Gasteiger partial charge in [0, 0.05) is 7.05 Å². The van der Waals surface area contributed by atoms with Gasteiger partial charge in [-0.1, -0.05) is 6.07 Å². The second kappa shape index (κ2) is 6.25. The number of aryl methyl sites for hydroxylation is 1. The van der Waals surface area contributed by atoms with Crippen LogP contribution in [-0.2, 0) is 11.8 Å². The van der Waals surface area contributed by atoms with Crippen molar-refractivity contribution in [1.82, 2.24) is 14.8 Å². The van der Waals surface area contributed by atoms with Crippen molar-refractivity contribution < 1.29 is 19.0 Å². The summed E-state index contributed by atoms with van der Waals surface area (Å²) >= 11 is 0. The third kappa shape index (κ3) is 2.81. The van der Waals surface area contributed by atoms with Crippen LogP contribution in [0.25, 0.3) is 11.4 Å². The topological polar surface area (TPSA) is 75.5 Å². The molecule has 0 radical (unpaired) electrons. The van der Waals surface area contributed by atoms with E-state index in [2.05, 4.69) is 10.1 Å². The van der Waals surface area contributed by atoms with Gasteiger partial charge in [0.1, 0.15) is 17.1 Å². The lowest BCUT2D eigenvalue weighted by Crippen LogP contribution is -2.07. The Labute approximate surface area is 122 Å². The number of hydrogen-bond acceptors (Lipinski definition) is 6. The van der Waals surface area contributed by atoms with Crippen molar-refractivity contribution in [3.63, 3.8) is 0 Å². The molecule has 0 aliphatic rings. The third-order valence-corrected chi connectivity index (χ3v) is 2.87. The molecule has 0 amide bonds. The van der Waals surface area contributed by atoms with Gasteiger partial charge in [0.2, 0.25) is 0 Å². The minimum atomic E-state index is -0.562. The number of aromatic nitrogens is 3. The van der Waals surface area contributed by atoms with Gasteiger partial charge >= 0.3 is 5.97 Å². The standard InChI is InChI=1S/C14H17N3O4/c1-5-21-14(18)12-15-13(17(2)16-12)11-9(19-3)7-6-8-10(11)20-4/h6-8H,5H2,1-4H3. The first-order chi connectivity index (χ1) is 10.1. The van der Waals surface area contributed by atoms with Crippen molar-refractivity contribution in [2.45, 2.75) is 6.92 Å². The maximum atomic E-state index is 11.7. The minimum Gasteiger partial charge on any atom is -0.496 e. The number of hydrogen-bond donors (Lipinski definition) is 0. The smallest absolute Gasteiger partial charge is 0.378 e. The summed E-state index contributed by atoms with van der Waals surface area (Å²) < 4.78 is 17.1. The molecule has 0 saturated carbocycles. The number of ether oxygens (including phenoxy) is 3. The van der Waals surface area contributed by atoms with Gasteiger partial charge in [-0.25, -0.2) is 14.5 Å². The molecule has 0 unspecified atom stereocenters. The summed E-state index contributed by atoms with van der Waals surface area (Å²) in [5.74, 6) is 1.07. The molecule has 0 fully saturated rings. The highest BCUT2D eigenvalue weighted by molar-refractivity contribution is 5.86. The molecular formula is C14H17N3O4. The Hall–Kier alpha value is -2.57. The predicted molar refractivity (Wildman–Crippen MR) is 75.5 cm³/mol. The molecule has 1 aromatic carbocycles. The molecule has 1 heterocycles. The Morgan fingerprint density at radius 3 is 2.38 bits per heavy atom. The van der Waals surface area contributed by atoms with Crippen LogP contribution in [0.5, 0.6) is 11.5 Å². The van der Waals surface area contributed by atoms with Crippen molar-refractivity contribution in [2.75, 3.05) is 20.8 Å². The van der Waals surface area contributed by atoms with E-state index in [0.29, 0.717) is 22.9 Å². The maximum absolute atomic E-state index is 11.7.